The number of ether oxygens (including phenoxy) is 1. The van der Waals surface area contributed by atoms with E-state index in [1.165, 1.54) is 16.5 Å². The summed E-state index contributed by atoms with van der Waals surface area (Å²) in [5, 5.41) is 0.604. The number of esters is 1. The number of rotatable bonds is 4. The molecule has 0 saturated heterocycles. The Labute approximate surface area is 200 Å². The van der Waals surface area contributed by atoms with E-state index in [-0.39, 0.29) is 40.2 Å². The van der Waals surface area contributed by atoms with E-state index < -0.39 is 11.9 Å². The van der Waals surface area contributed by atoms with Gasteiger partial charge < -0.3 is 9.30 Å². The number of pyridine rings is 2. The molecule has 174 valence electrons. The van der Waals surface area contributed by atoms with Crippen LogP contribution in [-0.2, 0) is 4.74 Å². The Morgan fingerprint density at radius 1 is 1.15 bits per heavy atom. The average Bonchev–Trinajstić information content (AvgIpc) is 2.79. The second-order valence-corrected chi connectivity index (χ2v) is 8.47. The van der Waals surface area contributed by atoms with Gasteiger partial charge in [-0.1, -0.05) is 23.7 Å². The summed E-state index contributed by atoms with van der Waals surface area (Å²) in [6, 6.07) is 11.1. The van der Waals surface area contributed by atoms with E-state index in [2.05, 4.69) is 4.99 Å². The molecular formula is C25H23ClN4O4. The van der Waals surface area contributed by atoms with Crippen LogP contribution >= 0.6 is 11.6 Å². The topological polar surface area (TPSA) is 95.0 Å². The summed E-state index contributed by atoms with van der Waals surface area (Å²) in [4.78, 5) is 48.4. The third kappa shape index (κ3) is 4.12. The first-order valence-corrected chi connectivity index (χ1v) is 11.2. The van der Waals surface area contributed by atoms with Crippen LogP contribution in [0.25, 0.3) is 16.7 Å². The van der Waals surface area contributed by atoms with Crippen molar-refractivity contribution in [1.82, 2.24) is 14.0 Å². The minimum atomic E-state index is -0.690. The number of hydrogen-bond acceptors (Lipinski definition) is 5. The molecule has 0 radical (unpaired) electrons. The zero-order chi connectivity index (χ0) is 24.6. The van der Waals surface area contributed by atoms with Gasteiger partial charge in [0, 0.05) is 22.8 Å². The standard InChI is InChI=1S/C25H23ClN4O4/c1-5-34-25(33)19-13-18-21(27-20-15(4)8-7-11-29(20)24(18)32)30(14(2)3)22(19)28-23(31)16-9-6-10-17(26)12-16/h6-14H,5H2,1-4H3. The van der Waals surface area contributed by atoms with Crippen molar-refractivity contribution in [3.8, 4) is 0 Å². The van der Waals surface area contributed by atoms with Gasteiger partial charge in [-0.2, -0.15) is 4.99 Å². The van der Waals surface area contributed by atoms with E-state index in [1.54, 1.807) is 42.0 Å². The number of carbonyl (C=O) groups excluding carboxylic acids is 2. The van der Waals surface area contributed by atoms with Crippen LogP contribution < -0.4 is 11.0 Å². The van der Waals surface area contributed by atoms with Crippen molar-refractivity contribution < 1.29 is 14.3 Å². The normalized spacial score (nSPS) is 12.0. The van der Waals surface area contributed by atoms with Crippen molar-refractivity contribution in [3.63, 3.8) is 0 Å². The van der Waals surface area contributed by atoms with E-state index >= 15 is 0 Å². The third-order valence-corrected chi connectivity index (χ3v) is 5.58. The van der Waals surface area contributed by atoms with Crippen LogP contribution in [-0.4, -0.2) is 32.4 Å². The second kappa shape index (κ2) is 9.23. The minimum Gasteiger partial charge on any atom is -0.462 e. The maximum atomic E-state index is 13.4. The maximum Gasteiger partial charge on any atom is 0.341 e. The molecule has 3 aromatic heterocycles. The van der Waals surface area contributed by atoms with Gasteiger partial charge in [0.15, 0.2) is 5.49 Å². The number of nitrogens with zero attached hydrogens (tertiary/aromatic N) is 4. The van der Waals surface area contributed by atoms with Gasteiger partial charge in [-0.25, -0.2) is 9.78 Å². The lowest BCUT2D eigenvalue weighted by molar-refractivity contribution is 0.0523. The first-order chi connectivity index (χ1) is 16.2. The van der Waals surface area contributed by atoms with Crippen LogP contribution in [0.3, 0.4) is 0 Å². The highest BCUT2D eigenvalue weighted by atomic mass is 35.5. The van der Waals surface area contributed by atoms with E-state index in [9.17, 15) is 14.4 Å². The fourth-order valence-electron chi connectivity index (χ4n) is 3.79. The van der Waals surface area contributed by atoms with E-state index in [4.69, 9.17) is 21.3 Å². The van der Waals surface area contributed by atoms with E-state index in [0.29, 0.717) is 16.3 Å². The second-order valence-electron chi connectivity index (χ2n) is 8.03. The van der Waals surface area contributed by atoms with Crippen molar-refractivity contribution in [3.05, 3.63) is 86.2 Å². The molecule has 0 spiro atoms. The van der Waals surface area contributed by atoms with Crippen LogP contribution in [0.2, 0.25) is 5.02 Å². The van der Waals surface area contributed by atoms with Gasteiger partial charge in [-0.15, -0.1) is 0 Å². The van der Waals surface area contributed by atoms with Gasteiger partial charge in [-0.05, 0) is 63.6 Å². The summed E-state index contributed by atoms with van der Waals surface area (Å²) < 4.78 is 8.29. The zero-order valence-corrected chi connectivity index (χ0v) is 20.0. The highest BCUT2D eigenvalue weighted by Crippen LogP contribution is 2.17. The maximum absolute atomic E-state index is 13.4. The van der Waals surface area contributed by atoms with E-state index in [1.807, 2.05) is 26.8 Å². The van der Waals surface area contributed by atoms with E-state index in [0.717, 1.165) is 5.56 Å². The summed E-state index contributed by atoms with van der Waals surface area (Å²) in [5.41, 5.74) is 1.60. The molecule has 3 heterocycles. The molecule has 4 aromatic rings. The Bertz CT molecular complexity index is 1580. The quantitative estimate of drug-likeness (QED) is 0.325. The van der Waals surface area contributed by atoms with Crippen molar-refractivity contribution >= 4 is 40.2 Å². The summed E-state index contributed by atoms with van der Waals surface area (Å²) in [5.74, 6) is -1.28. The highest BCUT2D eigenvalue weighted by Gasteiger charge is 2.21. The molecule has 4 rings (SSSR count). The number of hydrogen-bond donors (Lipinski definition) is 0. The van der Waals surface area contributed by atoms with Crippen LogP contribution in [0.4, 0.5) is 0 Å². The van der Waals surface area contributed by atoms with Crippen LogP contribution in [0.1, 0.15) is 53.1 Å². The predicted molar refractivity (Wildman–Crippen MR) is 129 cm³/mol. The molecule has 8 nitrogen and oxygen atoms in total. The molecule has 0 fully saturated rings. The Kier molecular flexibility index (Phi) is 6.34. The van der Waals surface area contributed by atoms with Crippen LogP contribution in [0, 0.1) is 6.92 Å². The van der Waals surface area contributed by atoms with Gasteiger partial charge in [0.25, 0.3) is 11.5 Å². The molecule has 0 unspecified atom stereocenters. The fraction of sp³-hybridized carbons (Fsp3) is 0.240. The number of halogens is 1. The first kappa shape index (κ1) is 23.4. The smallest absolute Gasteiger partial charge is 0.341 e. The van der Waals surface area contributed by atoms with Crippen molar-refractivity contribution in [2.75, 3.05) is 6.61 Å². The van der Waals surface area contributed by atoms with Crippen molar-refractivity contribution in [1.29, 1.82) is 0 Å². The molecule has 1 aromatic carbocycles. The first-order valence-electron chi connectivity index (χ1n) is 10.8. The SMILES string of the molecule is CCOC(=O)c1cc2c(=O)n3cccc(C)c3nc2n(C(C)C)c1=NC(=O)c1cccc(Cl)c1. The molecule has 34 heavy (non-hydrogen) atoms. The number of carbonyl (C=O) groups is 2. The molecule has 0 bridgehead atoms. The molecule has 0 aliphatic rings. The third-order valence-electron chi connectivity index (χ3n) is 5.34. The molecule has 0 saturated carbocycles. The van der Waals surface area contributed by atoms with Crippen LogP contribution in [0.15, 0.2) is 58.4 Å². The Morgan fingerprint density at radius 3 is 2.59 bits per heavy atom. The average molecular weight is 479 g/mol. The largest absolute Gasteiger partial charge is 0.462 e. The number of aryl methyl sites for hydroxylation is 1. The van der Waals surface area contributed by atoms with Gasteiger partial charge in [0.2, 0.25) is 0 Å². The molecule has 0 aliphatic carbocycles. The highest BCUT2D eigenvalue weighted by molar-refractivity contribution is 6.31. The van der Waals surface area contributed by atoms with Crippen molar-refractivity contribution in [2.24, 2.45) is 4.99 Å². The van der Waals surface area contributed by atoms with Crippen molar-refractivity contribution in [2.45, 2.75) is 33.7 Å². The van der Waals surface area contributed by atoms with Gasteiger partial charge in [0.1, 0.15) is 16.9 Å². The molecular weight excluding hydrogens is 456 g/mol. The summed E-state index contributed by atoms with van der Waals surface area (Å²) in [6.45, 7) is 7.37. The lowest BCUT2D eigenvalue weighted by atomic mass is 10.1. The molecule has 0 atom stereocenters. The predicted octanol–water partition coefficient (Wildman–Crippen LogP) is 4.11. The molecule has 0 aliphatic heterocycles. The number of fused-ring (bicyclic) bond motifs is 2. The van der Waals surface area contributed by atoms with Gasteiger partial charge in [0.05, 0.1) is 12.0 Å². The Hall–Kier alpha value is -3.78. The minimum absolute atomic E-state index is 0.00457. The lowest BCUT2D eigenvalue weighted by Gasteiger charge is -2.18. The zero-order valence-electron chi connectivity index (χ0n) is 19.2. The fourth-order valence-corrected chi connectivity index (χ4v) is 3.98. The van der Waals surface area contributed by atoms with Crippen LogP contribution in [0.5, 0.6) is 0 Å². The lowest BCUT2D eigenvalue weighted by Crippen LogP contribution is -2.33. The summed E-state index contributed by atoms with van der Waals surface area (Å²) in [7, 11) is 0. The molecule has 0 N–H and O–H groups in total. The summed E-state index contributed by atoms with van der Waals surface area (Å²) >= 11 is 6.04. The molecule has 1 amide bonds. The molecule has 9 heteroatoms. The number of benzene rings is 1. The summed E-state index contributed by atoms with van der Waals surface area (Å²) in [6.07, 6.45) is 1.63. The Morgan fingerprint density at radius 2 is 1.91 bits per heavy atom. The Balaban J connectivity index is 2.17. The van der Waals surface area contributed by atoms with Gasteiger partial charge in [-0.3, -0.25) is 14.0 Å². The number of aromatic nitrogens is 3. The monoisotopic (exact) mass is 478 g/mol. The van der Waals surface area contributed by atoms with Gasteiger partial charge >= 0.3 is 5.97 Å². The number of amides is 1.